The summed E-state index contributed by atoms with van der Waals surface area (Å²) in [7, 11) is 1.55. The lowest BCUT2D eigenvalue weighted by atomic mass is 9.90. The van der Waals surface area contributed by atoms with Gasteiger partial charge in [-0.1, -0.05) is 19.1 Å². The van der Waals surface area contributed by atoms with Crippen LogP contribution in [0.15, 0.2) is 52.6 Å². The standard InChI is InChI=1S/C28H31N9O3/c1-16(2)37-14-24(31-33-37)30-21-11-20(32-34(5)26(21)39)18-6-7-29-25(19(18)15-38)36-9-8-35-22(27(36)40)10-17-12-28(3,4)13-23(17)35/h6-11,14,16,30,38H,12-13,15H2,1-5H3. The van der Waals surface area contributed by atoms with Gasteiger partial charge in [0.2, 0.25) is 0 Å². The zero-order valence-corrected chi connectivity index (χ0v) is 23.1. The third-order valence-electron chi connectivity index (χ3n) is 7.41. The number of pyridine rings is 1. The van der Waals surface area contributed by atoms with Crippen molar-refractivity contribution in [2.24, 2.45) is 12.5 Å². The third kappa shape index (κ3) is 4.20. The van der Waals surface area contributed by atoms with Crippen molar-refractivity contribution in [3.8, 4) is 17.1 Å². The van der Waals surface area contributed by atoms with Crippen LogP contribution in [0.5, 0.6) is 0 Å². The molecule has 0 amide bonds. The van der Waals surface area contributed by atoms with Gasteiger partial charge in [-0.3, -0.25) is 14.2 Å². The molecule has 12 heteroatoms. The molecule has 0 radical (unpaired) electrons. The first kappa shape index (κ1) is 25.7. The average molecular weight is 542 g/mol. The number of aromatic nitrogens is 8. The molecular formula is C28H31N9O3. The smallest absolute Gasteiger partial charge is 0.290 e. The van der Waals surface area contributed by atoms with Crippen LogP contribution in [-0.4, -0.2) is 43.8 Å². The maximum atomic E-state index is 13.7. The number of aryl methyl sites for hydroxylation is 1. The first-order chi connectivity index (χ1) is 19.1. The minimum Gasteiger partial charge on any atom is -0.392 e. The summed E-state index contributed by atoms with van der Waals surface area (Å²) in [5.74, 6) is 0.724. The van der Waals surface area contributed by atoms with Gasteiger partial charge in [0, 0.05) is 48.5 Å². The quantitative estimate of drug-likeness (QED) is 0.335. The Hall–Kier alpha value is -4.58. The zero-order chi connectivity index (χ0) is 28.3. The third-order valence-corrected chi connectivity index (χ3v) is 7.41. The molecule has 2 N–H and O–H groups in total. The summed E-state index contributed by atoms with van der Waals surface area (Å²) in [4.78, 5) is 31.0. The second kappa shape index (κ2) is 9.26. The van der Waals surface area contributed by atoms with Crippen molar-refractivity contribution in [1.82, 2.24) is 38.7 Å². The fourth-order valence-corrected chi connectivity index (χ4v) is 5.47. The summed E-state index contributed by atoms with van der Waals surface area (Å²) in [5.41, 5.74) is 4.14. The summed E-state index contributed by atoms with van der Waals surface area (Å²) < 4.78 is 6.32. The summed E-state index contributed by atoms with van der Waals surface area (Å²) in [6, 6.07) is 5.38. The molecule has 40 heavy (non-hydrogen) atoms. The van der Waals surface area contributed by atoms with E-state index in [1.54, 1.807) is 42.5 Å². The number of anilines is 2. The molecule has 0 saturated heterocycles. The lowest BCUT2D eigenvalue weighted by Crippen LogP contribution is -2.24. The predicted molar refractivity (Wildman–Crippen MR) is 150 cm³/mol. The van der Waals surface area contributed by atoms with Crippen molar-refractivity contribution in [2.45, 2.75) is 53.2 Å². The van der Waals surface area contributed by atoms with Gasteiger partial charge in [-0.05, 0) is 55.9 Å². The lowest BCUT2D eigenvalue weighted by Gasteiger charge is -2.17. The second-order valence-electron chi connectivity index (χ2n) is 11.4. The first-order valence-corrected chi connectivity index (χ1v) is 13.2. The minimum atomic E-state index is -0.391. The van der Waals surface area contributed by atoms with E-state index in [0.717, 1.165) is 18.5 Å². The number of rotatable bonds is 6. The largest absolute Gasteiger partial charge is 0.392 e. The first-order valence-electron chi connectivity index (χ1n) is 13.2. The highest BCUT2D eigenvalue weighted by molar-refractivity contribution is 5.70. The van der Waals surface area contributed by atoms with E-state index in [0.29, 0.717) is 34.0 Å². The van der Waals surface area contributed by atoms with Crippen LogP contribution in [0.2, 0.25) is 0 Å². The van der Waals surface area contributed by atoms with Crippen LogP contribution in [0.4, 0.5) is 11.5 Å². The second-order valence-corrected chi connectivity index (χ2v) is 11.4. The van der Waals surface area contributed by atoms with E-state index in [4.69, 9.17) is 0 Å². The van der Waals surface area contributed by atoms with Gasteiger partial charge < -0.3 is 14.8 Å². The Morgan fingerprint density at radius 2 is 1.93 bits per heavy atom. The van der Waals surface area contributed by atoms with E-state index in [9.17, 15) is 14.7 Å². The molecule has 5 aromatic heterocycles. The minimum absolute atomic E-state index is 0.114. The normalized spacial score (nSPS) is 14.3. The van der Waals surface area contributed by atoms with Crippen LogP contribution in [-0.2, 0) is 26.5 Å². The molecule has 5 heterocycles. The van der Waals surface area contributed by atoms with Gasteiger partial charge in [-0.2, -0.15) is 5.10 Å². The van der Waals surface area contributed by atoms with Crippen LogP contribution in [0.1, 0.15) is 50.6 Å². The molecule has 6 rings (SSSR count). The number of hydrogen-bond donors (Lipinski definition) is 2. The molecule has 5 aromatic rings. The Balaban J connectivity index is 1.44. The maximum absolute atomic E-state index is 13.7. The van der Waals surface area contributed by atoms with Crippen LogP contribution < -0.4 is 16.4 Å². The SMILES string of the molecule is CC(C)n1cc(Nc2cc(-c3ccnc(-n4ccn5c6c(cc5c4=O)CC(C)(C)C6)c3CO)nn(C)c2=O)nn1. The Morgan fingerprint density at radius 3 is 2.65 bits per heavy atom. The molecule has 0 fully saturated rings. The van der Waals surface area contributed by atoms with E-state index < -0.39 is 6.61 Å². The van der Waals surface area contributed by atoms with Gasteiger partial charge in [0.25, 0.3) is 11.1 Å². The van der Waals surface area contributed by atoms with Gasteiger partial charge in [0.15, 0.2) is 5.82 Å². The van der Waals surface area contributed by atoms with Gasteiger partial charge in [-0.15, -0.1) is 5.10 Å². The number of fused-ring (bicyclic) bond motifs is 3. The monoisotopic (exact) mass is 541 g/mol. The average Bonchev–Trinajstić information content (AvgIpc) is 3.59. The van der Waals surface area contributed by atoms with Crippen molar-refractivity contribution in [3.05, 3.63) is 80.5 Å². The molecule has 0 aliphatic heterocycles. The van der Waals surface area contributed by atoms with Gasteiger partial charge in [0.05, 0.1) is 18.5 Å². The van der Waals surface area contributed by atoms with E-state index in [-0.39, 0.29) is 28.3 Å². The fourth-order valence-electron chi connectivity index (χ4n) is 5.47. The summed E-state index contributed by atoms with van der Waals surface area (Å²) >= 11 is 0. The molecule has 1 aliphatic rings. The number of nitrogens with zero attached hydrogens (tertiary/aromatic N) is 8. The molecule has 206 valence electrons. The Labute approximate surface area is 229 Å². The van der Waals surface area contributed by atoms with Gasteiger partial charge in [0.1, 0.15) is 17.0 Å². The summed E-state index contributed by atoms with van der Waals surface area (Å²) in [6.07, 6.45) is 8.67. The maximum Gasteiger partial charge on any atom is 0.290 e. The van der Waals surface area contributed by atoms with E-state index in [1.165, 1.54) is 14.8 Å². The Bertz CT molecular complexity index is 1890. The predicted octanol–water partition coefficient (Wildman–Crippen LogP) is 2.78. The molecule has 0 unspecified atom stereocenters. The highest BCUT2D eigenvalue weighted by atomic mass is 16.3. The van der Waals surface area contributed by atoms with Crippen molar-refractivity contribution in [2.75, 3.05) is 5.32 Å². The van der Waals surface area contributed by atoms with Crippen molar-refractivity contribution >= 4 is 17.0 Å². The number of aliphatic hydroxyl groups excluding tert-OH is 1. The van der Waals surface area contributed by atoms with Crippen molar-refractivity contribution in [1.29, 1.82) is 0 Å². The fraction of sp³-hybridized carbons (Fsp3) is 0.357. The number of hydrogen-bond acceptors (Lipinski definition) is 8. The lowest BCUT2D eigenvalue weighted by molar-refractivity contribution is 0.281. The van der Waals surface area contributed by atoms with Crippen molar-refractivity contribution < 1.29 is 5.11 Å². The summed E-state index contributed by atoms with van der Waals surface area (Å²) in [5, 5.41) is 26.1. The van der Waals surface area contributed by atoms with Crippen LogP contribution in [0, 0.1) is 5.41 Å². The Kier molecular flexibility index (Phi) is 5.95. The van der Waals surface area contributed by atoms with Gasteiger partial charge >= 0.3 is 0 Å². The molecule has 0 bridgehead atoms. The zero-order valence-electron chi connectivity index (χ0n) is 23.1. The van der Waals surface area contributed by atoms with Crippen molar-refractivity contribution in [3.63, 3.8) is 0 Å². The van der Waals surface area contributed by atoms with E-state index >= 15 is 0 Å². The number of aliphatic hydroxyl groups is 1. The molecule has 0 saturated carbocycles. The molecule has 0 atom stereocenters. The van der Waals surface area contributed by atoms with Gasteiger partial charge in [-0.25, -0.2) is 14.3 Å². The van der Waals surface area contributed by atoms with E-state index in [2.05, 4.69) is 39.6 Å². The highest BCUT2D eigenvalue weighted by Crippen LogP contribution is 2.37. The van der Waals surface area contributed by atoms with Crippen LogP contribution in [0.3, 0.4) is 0 Å². The van der Waals surface area contributed by atoms with Crippen LogP contribution in [0.25, 0.3) is 22.6 Å². The van der Waals surface area contributed by atoms with E-state index in [1.807, 2.05) is 30.5 Å². The summed E-state index contributed by atoms with van der Waals surface area (Å²) in [6.45, 7) is 8.02. The Morgan fingerprint density at radius 1 is 1.12 bits per heavy atom. The molecule has 1 aliphatic carbocycles. The number of nitrogens with one attached hydrogen (secondary N) is 1. The van der Waals surface area contributed by atoms with Crippen LogP contribution >= 0.6 is 0 Å². The molecule has 0 spiro atoms. The molecular weight excluding hydrogens is 510 g/mol. The highest BCUT2D eigenvalue weighted by Gasteiger charge is 2.31. The molecule has 0 aromatic carbocycles. The topological polar surface area (TPSA) is 137 Å². The molecule has 12 nitrogen and oxygen atoms in total.